The number of aryl methyl sites for hydroxylation is 1. The van der Waals surface area contributed by atoms with Gasteiger partial charge in [-0.25, -0.2) is 4.79 Å². The topological polar surface area (TPSA) is 46.0 Å². The predicted molar refractivity (Wildman–Crippen MR) is 112 cm³/mol. The number of aromatic nitrogens is 2. The fraction of sp³-hybridized carbons (Fsp3) is 0.333. The lowest BCUT2D eigenvalue weighted by molar-refractivity contribution is -0.696. The fourth-order valence-corrected chi connectivity index (χ4v) is 4.65. The highest BCUT2D eigenvalue weighted by molar-refractivity contribution is 6.03. The van der Waals surface area contributed by atoms with Gasteiger partial charge < -0.3 is 9.72 Å². The fourth-order valence-electron chi connectivity index (χ4n) is 4.65. The van der Waals surface area contributed by atoms with Gasteiger partial charge in [0.2, 0.25) is 11.4 Å². The molecule has 1 aromatic carbocycles. The smallest absolute Gasteiger partial charge is 0.355 e. The van der Waals surface area contributed by atoms with Crippen LogP contribution in [0.15, 0.2) is 42.0 Å². The SMILES string of the molecule is CCOC(=O)c1[nH]c2cc3[n+](c(-c4ccccc4)c2c1C)C(C)C(CC)=C3C. The molecule has 2 aromatic heterocycles. The molecule has 3 aromatic rings. The highest BCUT2D eigenvalue weighted by Gasteiger charge is 2.38. The van der Waals surface area contributed by atoms with Gasteiger partial charge in [0.15, 0.2) is 6.04 Å². The van der Waals surface area contributed by atoms with E-state index in [1.807, 2.05) is 19.9 Å². The number of hydrogen-bond donors (Lipinski definition) is 1. The van der Waals surface area contributed by atoms with Gasteiger partial charge >= 0.3 is 5.97 Å². The first-order chi connectivity index (χ1) is 13.5. The van der Waals surface area contributed by atoms with Crippen molar-refractivity contribution in [2.24, 2.45) is 0 Å². The maximum absolute atomic E-state index is 12.5. The largest absolute Gasteiger partial charge is 0.461 e. The molecule has 0 saturated carbocycles. The molecule has 1 unspecified atom stereocenters. The third-order valence-corrected chi connectivity index (χ3v) is 5.96. The van der Waals surface area contributed by atoms with E-state index >= 15 is 0 Å². The number of aromatic amines is 1. The summed E-state index contributed by atoms with van der Waals surface area (Å²) in [5, 5.41) is 1.09. The Hall–Kier alpha value is -2.88. The van der Waals surface area contributed by atoms with Gasteiger partial charge in [-0.1, -0.05) is 25.1 Å². The summed E-state index contributed by atoms with van der Waals surface area (Å²) in [5.74, 6) is -0.296. The van der Waals surface area contributed by atoms with Crippen molar-refractivity contribution in [1.82, 2.24) is 4.98 Å². The van der Waals surface area contributed by atoms with Crippen LogP contribution in [0.5, 0.6) is 0 Å². The van der Waals surface area contributed by atoms with Gasteiger partial charge in [-0.15, -0.1) is 0 Å². The zero-order chi connectivity index (χ0) is 20.0. The molecule has 0 spiro atoms. The molecule has 144 valence electrons. The van der Waals surface area contributed by atoms with Crippen LogP contribution in [0, 0.1) is 6.92 Å². The summed E-state index contributed by atoms with van der Waals surface area (Å²) < 4.78 is 7.71. The summed E-state index contributed by atoms with van der Waals surface area (Å²) in [7, 11) is 0. The number of ether oxygens (including phenoxy) is 1. The second kappa shape index (κ2) is 6.93. The molecule has 0 aliphatic carbocycles. The van der Waals surface area contributed by atoms with Crippen LogP contribution in [-0.2, 0) is 4.74 Å². The zero-order valence-corrected chi connectivity index (χ0v) is 17.2. The average Bonchev–Trinajstić information content (AvgIpc) is 3.15. The molecule has 1 N–H and O–H groups in total. The molecule has 0 bridgehead atoms. The molecule has 4 nitrogen and oxygen atoms in total. The van der Waals surface area contributed by atoms with Crippen molar-refractivity contribution in [1.29, 1.82) is 0 Å². The van der Waals surface area contributed by atoms with Crippen LogP contribution in [0.2, 0.25) is 0 Å². The Labute approximate surface area is 165 Å². The summed E-state index contributed by atoms with van der Waals surface area (Å²) in [4.78, 5) is 15.8. The van der Waals surface area contributed by atoms with Crippen LogP contribution >= 0.6 is 0 Å². The molecule has 4 rings (SSSR count). The quantitative estimate of drug-likeness (QED) is 0.492. The Morgan fingerprint density at radius 1 is 1.18 bits per heavy atom. The Bertz CT molecular complexity index is 1110. The van der Waals surface area contributed by atoms with Crippen LogP contribution in [0.3, 0.4) is 0 Å². The van der Waals surface area contributed by atoms with Crippen LogP contribution in [0.4, 0.5) is 0 Å². The van der Waals surface area contributed by atoms with Gasteiger partial charge in [0.05, 0.1) is 17.5 Å². The molecule has 4 heteroatoms. The number of pyridine rings is 1. The first kappa shape index (κ1) is 18.5. The van der Waals surface area contributed by atoms with E-state index in [9.17, 15) is 4.79 Å². The number of hydrogen-bond acceptors (Lipinski definition) is 2. The monoisotopic (exact) mass is 375 g/mol. The van der Waals surface area contributed by atoms with E-state index in [-0.39, 0.29) is 5.97 Å². The predicted octanol–water partition coefficient (Wildman–Crippen LogP) is 5.37. The van der Waals surface area contributed by atoms with Crippen molar-refractivity contribution in [2.45, 2.75) is 47.1 Å². The van der Waals surface area contributed by atoms with Crippen molar-refractivity contribution >= 4 is 22.4 Å². The number of fused-ring (bicyclic) bond motifs is 2. The second-order valence-electron chi connectivity index (χ2n) is 7.43. The third kappa shape index (κ3) is 2.59. The van der Waals surface area contributed by atoms with Gasteiger partial charge in [-0.05, 0) is 44.9 Å². The average molecular weight is 375 g/mol. The Morgan fingerprint density at radius 2 is 1.89 bits per heavy atom. The molecule has 1 aliphatic rings. The highest BCUT2D eigenvalue weighted by atomic mass is 16.5. The molecule has 28 heavy (non-hydrogen) atoms. The molecule has 1 aliphatic heterocycles. The lowest BCUT2D eigenvalue weighted by Gasteiger charge is -2.11. The number of carbonyl (C=O) groups is 1. The lowest BCUT2D eigenvalue weighted by Crippen LogP contribution is -2.41. The van der Waals surface area contributed by atoms with Gasteiger partial charge in [-0.2, -0.15) is 4.57 Å². The van der Waals surface area contributed by atoms with Gasteiger partial charge in [0.1, 0.15) is 5.69 Å². The van der Waals surface area contributed by atoms with Gasteiger partial charge in [0, 0.05) is 29.7 Å². The summed E-state index contributed by atoms with van der Waals surface area (Å²) in [5.41, 5.74) is 8.80. The first-order valence-electron chi connectivity index (χ1n) is 10.0. The summed E-state index contributed by atoms with van der Waals surface area (Å²) in [6.45, 7) is 10.9. The molecule has 0 saturated heterocycles. The Kier molecular flexibility index (Phi) is 4.58. The molecule has 0 fully saturated rings. The van der Waals surface area contributed by atoms with E-state index < -0.39 is 0 Å². The minimum Gasteiger partial charge on any atom is -0.461 e. The minimum absolute atomic E-state index is 0.292. The summed E-state index contributed by atoms with van der Waals surface area (Å²) >= 11 is 0. The number of rotatable bonds is 4. The molecule has 1 atom stereocenters. The minimum atomic E-state index is -0.296. The summed E-state index contributed by atoms with van der Waals surface area (Å²) in [6, 6.07) is 12.9. The lowest BCUT2D eigenvalue weighted by atomic mass is 10.0. The number of carbonyl (C=O) groups excluding carboxylic acids is 1. The van der Waals surface area contributed by atoms with E-state index in [1.165, 1.54) is 16.8 Å². The molecule has 0 radical (unpaired) electrons. The number of allylic oxidation sites excluding steroid dienone is 2. The normalized spacial score (nSPS) is 16.0. The summed E-state index contributed by atoms with van der Waals surface area (Å²) in [6.07, 6.45) is 1.03. The second-order valence-corrected chi connectivity index (χ2v) is 7.43. The molecule has 0 amide bonds. The van der Waals surface area contributed by atoms with Crippen molar-refractivity contribution in [3.05, 3.63) is 58.9 Å². The Morgan fingerprint density at radius 3 is 2.54 bits per heavy atom. The van der Waals surface area contributed by atoms with Crippen LogP contribution in [0.1, 0.15) is 61.9 Å². The van der Waals surface area contributed by atoms with E-state index in [0.717, 1.165) is 34.1 Å². The van der Waals surface area contributed by atoms with Gasteiger partial charge in [-0.3, -0.25) is 0 Å². The number of nitrogens with one attached hydrogen (secondary N) is 1. The Balaban J connectivity index is 2.10. The van der Waals surface area contributed by atoms with Crippen LogP contribution < -0.4 is 4.57 Å². The van der Waals surface area contributed by atoms with Crippen molar-refractivity contribution in [2.75, 3.05) is 6.61 Å². The van der Waals surface area contributed by atoms with Gasteiger partial charge in [0.25, 0.3) is 0 Å². The zero-order valence-electron chi connectivity index (χ0n) is 17.2. The number of nitrogens with zero attached hydrogens (tertiary/aromatic N) is 1. The number of esters is 1. The number of benzene rings is 1. The molecular formula is C24H27N2O2+. The van der Waals surface area contributed by atoms with Crippen molar-refractivity contribution in [3.63, 3.8) is 0 Å². The first-order valence-corrected chi connectivity index (χ1v) is 10.0. The van der Waals surface area contributed by atoms with Crippen LogP contribution in [-0.4, -0.2) is 17.6 Å². The van der Waals surface area contributed by atoms with E-state index in [2.05, 4.69) is 60.7 Å². The highest BCUT2D eigenvalue weighted by Crippen LogP contribution is 2.39. The van der Waals surface area contributed by atoms with E-state index in [4.69, 9.17) is 4.74 Å². The standard InChI is InChI=1S/C24H26N2O2/c1-6-18-14(3)20-13-19-21(15(4)22(25-19)24(27)28-7-2)23(26(20)16(18)5)17-11-9-8-10-12-17/h8-13,16H,6-7H2,1-5H3/p+1. The molecular weight excluding hydrogens is 348 g/mol. The molecule has 3 heterocycles. The maximum Gasteiger partial charge on any atom is 0.355 e. The maximum atomic E-state index is 12.5. The van der Waals surface area contributed by atoms with Crippen LogP contribution in [0.25, 0.3) is 27.7 Å². The van der Waals surface area contributed by atoms with E-state index in [0.29, 0.717) is 18.3 Å². The number of H-pyrrole nitrogens is 1. The van der Waals surface area contributed by atoms with Crippen molar-refractivity contribution in [3.8, 4) is 11.3 Å². The van der Waals surface area contributed by atoms with Crippen molar-refractivity contribution < 1.29 is 14.1 Å². The van der Waals surface area contributed by atoms with E-state index in [1.54, 1.807) is 0 Å². The third-order valence-electron chi connectivity index (χ3n) is 5.96.